The molecule has 194 valence electrons. The Morgan fingerprint density at radius 2 is 1.80 bits per heavy atom. The monoisotopic (exact) mass is 489 g/mol. The van der Waals surface area contributed by atoms with Crippen LogP contribution in [0.3, 0.4) is 0 Å². The van der Waals surface area contributed by atoms with Crippen molar-refractivity contribution in [3.8, 4) is 0 Å². The molecule has 0 saturated carbocycles. The van der Waals surface area contributed by atoms with Crippen molar-refractivity contribution in [1.82, 2.24) is 15.5 Å². The zero-order valence-electron chi connectivity index (χ0n) is 21.0. The number of amides is 3. The quantitative estimate of drug-likeness (QED) is 0.366. The molecule has 2 atom stereocenters. The SMILES string of the molecule is CC(C)(C)OC(=O)NCCCCC(=O)NC[C@@H]1C[C@@H](CC(=O)O)C(=O)N1CCCc1ccccc1. The average molecular weight is 490 g/mol. The van der Waals surface area contributed by atoms with Gasteiger partial charge in [0.2, 0.25) is 11.8 Å². The van der Waals surface area contributed by atoms with Crippen molar-refractivity contribution in [3.63, 3.8) is 0 Å². The number of ether oxygens (including phenoxy) is 1. The fraction of sp³-hybridized carbons (Fsp3) is 0.615. The maximum atomic E-state index is 12.8. The van der Waals surface area contributed by atoms with E-state index >= 15 is 0 Å². The molecule has 1 fully saturated rings. The summed E-state index contributed by atoms with van der Waals surface area (Å²) in [5.74, 6) is -1.81. The van der Waals surface area contributed by atoms with Crippen molar-refractivity contribution in [2.45, 2.75) is 77.4 Å². The molecule has 1 aromatic carbocycles. The van der Waals surface area contributed by atoms with E-state index in [2.05, 4.69) is 10.6 Å². The van der Waals surface area contributed by atoms with Gasteiger partial charge in [0.25, 0.3) is 0 Å². The minimum atomic E-state index is -0.989. The highest BCUT2D eigenvalue weighted by atomic mass is 16.6. The second kappa shape index (κ2) is 13.7. The number of alkyl carbamates (subject to hydrolysis) is 1. The fourth-order valence-electron chi connectivity index (χ4n) is 4.17. The van der Waals surface area contributed by atoms with Gasteiger partial charge in [-0.05, 0) is 58.4 Å². The van der Waals surface area contributed by atoms with Crippen LogP contribution in [-0.2, 0) is 25.5 Å². The number of carboxylic acid groups (broad SMARTS) is 1. The van der Waals surface area contributed by atoms with E-state index in [1.807, 2.05) is 30.3 Å². The molecule has 0 unspecified atom stereocenters. The number of carbonyl (C=O) groups excluding carboxylic acids is 3. The summed E-state index contributed by atoms with van der Waals surface area (Å²) in [6, 6.07) is 9.79. The molecule has 3 amide bonds. The van der Waals surface area contributed by atoms with Crippen LogP contribution < -0.4 is 10.6 Å². The van der Waals surface area contributed by atoms with Crippen molar-refractivity contribution in [2.75, 3.05) is 19.6 Å². The Hall–Kier alpha value is -3.10. The van der Waals surface area contributed by atoms with E-state index in [-0.39, 0.29) is 24.3 Å². The molecular formula is C26H39N3O6. The average Bonchev–Trinajstić information content (AvgIpc) is 3.05. The number of benzene rings is 1. The lowest BCUT2D eigenvalue weighted by Gasteiger charge is -2.25. The Balaban J connectivity index is 1.75. The first-order chi connectivity index (χ1) is 16.5. The lowest BCUT2D eigenvalue weighted by Crippen LogP contribution is -2.42. The van der Waals surface area contributed by atoms with Gasteiger partial charge in [-0.1, -0.05) is 30.3 Å². The number of carbonyl (C=O) groups is 4. The lowest BCUT2D eigenvalue weighted by molar-refractivity contribution is -0.142. The van der Waals surface area contributed by atoms with Gasteiger partial charge in [0.1, 0.15) is 5.60 Å². The molecule has 0 radical (unpaired) electrons. The van der Waals surface area contributed by atoms with E-state index in [9.17, 15) is 19.2 Å². The normalized spacial score (nSPS) is 17.8. The molecular weight excluding hydrogens is 450 g/mol. The van der Waals surface area contributed by atoms with Crippen molar-refractivity contribution >= 4 is 23.9 Å². The molecule has 0 aromatic heterocycles. The standard InChI is InChI=1S/C26H39N3O6/c1-26(2,3)35-25(34)27-14-8-7-13-22(30)28-18-21-16-20(17-23(31)32)24(33)29(21)15-9-12-19-10-5-4-6-11-19/h4-6,10-11,20-21H,7-9,12-18H2,1-3H3,(H,27,34)(H,28,30)(H,31,32)/t20-,21-/m0/s1. The molecule has 1 aliphatic rings. The number of rotatable bonds is 13. The smallest absolute Gasteiger partial charge is 0.407 e. The van der Waals surface area contributed by atoms with Crippen molar-refractivity contribution < 1.29 is 29.0 Å². The minimum absolute atomic E-state index is 0.124. The number of aliphatic carboxylic acids is 1. The van der Waals surface area contributed by atoms with Gasteiger partial charge in [0, 0.05) is 32.1 Å². The highest BCUT2D eigenvalue weighted by Gasteiger charge is 2.40. The van der Waals surface area contributed by atoms with Crippen LogP contribution in [0.4, 0.5) is 4.79 Å². The van der Waals surface area contributed by atoms with Crippen molar-refractivity contribution in [1.29, 1.82) is 0 Å². The molecule has 35 heavy (non-hydrogen) atoms. The number of unbranched alkanes of at least 4 members (excludes halogenated alkanes) is 1. The highest BCUT2D eigenvalue weighted by molar-refractivity contribution is 5.85. The number of likely N-dealkylation sites (tertiary alicyclic amines) is 1. The molecule has 0 aliphatic carbocycles. The molecule has 1 aromatic rings. The molecule has 1 saturated heterocycles. The Labute approximate surface area is 207 Å². The maximum absolute atomic E-state index is 12.8. The van der Waals surface area contributed by atoms with Crippen LogP contribution in [0, 0.1) is 5.92 Å². The van der Waals surface area contributed by atoms with Gasteiger partial charge in [0.05, 0.1) is 12.3 Å². The molecule has 0 bridgehead atoms. The van der Waals surface area contributed by atoms with E-state index in [0.717, 1.165) is 12.8 Å². The van der Waals surface area contributed by atoms with E-state index in [1.54, 1.807) is 25.7 Å². The molecule has 1 heterocycles. The van der Waals surface area contributed by atoms with E-state index in [4.69, 9.17) is 9.84 Å². The third-order valence-corrected chi connectivity index (χ3v) is 5.79. The van der Waals surface area contributed by atoms with Gasteiger partial charge < -0.3 is 25.4 Å². The predicted molar refractivity (Wildman–Crippen MR) is 132 cm³/mol. The first kappa shape index (κ1) is 28.1. The van der Waals surface area contributed by atoms with Gasteiger partial charge in [-0.25, -0.2) is 4.79 Å². The maximum Gasteiger partial charge on any atom is 0.407 e. The second-order valence-electron chi connectivity index (χ2n) is 9.99. The van der Waals surface area contributed by atoms with E-state index in [1.165, 1.54) is 5.56 Å². The molecule has 9 heteroatoms. The number of nitrogens with one attached hydrogen (secondary N) is 2. The molecule has 9 nitrogen and oxygen atoms in total. The number of nitrogens with zero attached hydrogens (tertiary/aromatic N) is 1. The zero-order chi connectivity index (χ0) is 25.8. The van der Waals surface area contributed by atoms with Gasteiger partial charge in [-0.15, -0.1) is 0 Å². The number of hydrogen-bond donors (Lipinski definition) is 3. The van der Waals surface area contributed by atoms with Crippen LogP contribution >= 0.6 is 0 Å². The molecule has 1 aliphatic heterocycles. The second-order valence-corrected chi connectivity index (χ2v) is 9.99. The fourth-order valence-corrected chi connectivity index (χ4v) is 4.17. The summed E-state index contributed by atoms with van der Waals surface area (Å²) in [5.41, 5.74) is 0.636. The first-order valence-corrected chi connectivity index (χ1v) is 12.3. The van der Waals surface area contributed by atoms with Gasteiger partial charge in [-0.2, -0.15) is 0 Å². The first-order valence-electron chi connectivity index (χ1n) is 12.3. The molecule has 2 rings (SSSR count). The summed E-state index contributed by atoms with van der Waals surface area (Å²) in [7, 11) is 0. The van der Waals surface area contributed by atoms with Crippen molar-refractivity contribution in [3.05, 3.63) is 35.9 Å². The third kappa shape index (κ3) is 10.8. The Kier molecular flexibility index (Phi) is 11.0. The molecule has 0 spiro atoms. The number of hydrogen-bond acceptors (Lipinski definition) is 5. The topological polar surface area (TPSA) is 125 Å². The van der Waals surface area contributed by atoms with Crippen LogP contribution in [0.5, 0.6) is 0 Å². The van der Waals surface area contributed by atoms with Crippen LogP contribution in [-0.4, -0.2) is 65.2 Å². The molecule has 3 N–H and O–H groups in total. The summed E-state index contributed by atoms with van der Waals surface area (Å²) >= 11 is 0. The summed E-state index contributed by atoms with van der Waals surface area (Å²) in [4.78, 5) is 49.7. The Morgan fingerprint density at radius 3 is 2.46 bits per heavy atom. The number of carboxylic acids is 1. The van der Waals surface area contributed by atoms with Gasteiger partial charge >= 0.3 is 12.1 Å². The van der Waals surface area contributed by atoms with Crippen LogP contribution in [0.15, 0.2) is 30.3 Å². The van der Waals surface area contributed by atoms with Gasteiger partial charge in [-0.3, -0.25) is 14.4 Å². The lowest BCUT2D eigenvalue weighted by atomic mass is 10.0. The summed E-state index contributed by atoms with van der Waals surface area (Å²) in [6.45, 7) is 6.64. The van der Waals surface area contributed by atoms with E-state index in [0.29, 0.717) is 45.3 Å². The summed E-state index contributed by atoms with van der Waals surface area (Å²) in [5, 5.41) is 14.7. The van der Waals surface area contributed by atoms with E-state index < -0.39 is 23.6 Å². The van der Waals surface area contributed by atoms with Crippen molar-refractivity contribution in [2.24, 2.45) is 5.92 Å². The highest BCUT2D eigenvalue weighted by Crippen LogP contribution is 2.27. The number of aryl methyl sites for hydroxylation is 1. The third-order valence-electron chi connectivity index (χ3n) is 5.79. The zero-order valence-corrected chi connectivity index (χ0v) is 21.0. The van der Waals surface area contributed by atoms with Gasteiger partial charge in [0.15, 0.2) is 0 Å². The minimum Gasteiger partial charge on any atom is -0.481 e. The predicted octanol–water partition coefficient (Wildman–Crippen LogP) is 3.12. The summed E-state index contributed by atoms with van der Waals surface area (Å²) in [6.07, 6.45) is 2.91. The van der Waals surface area contributed by atoms with Crippen LogP contribution in [0.1, 0.15) is 64.9 Å². The van der Waals surface area contributed by atoms with Crippen LogP contribution in [0.25, 0.3) is 0 Å². The van der Waals surface area contributed by atoms with Crippen LogP contribution in [0.2, 0.25) is 0 Å². The summed E-state index contributed by atoms with van der Waals surface area (Å²) < 4.78 is 5.17. The Morgan fingerprint density at radius 1 is 1.09 bits per heavy atom. The Bertz CT molecular complexity index is 852. The largest absolute Gasteiger partial charge is 0.481 e.